The molecule has 23 heavy (non-hydrogen) atoms. The van der Waals surface area contributed by atoms with Crippen LogP contribution in [0.1, 0.15) is 16.1 Å². The second kappa shape index (κ2) is 7.09. The van der Waals surface area contributed by atoms with Crippen LogP contribution in [-0.2, 0) is 9.45 Å². The number of carbonyl (C=O) groups is 2. The van der Waals surface area contributed by atoms with E-state index in [1.807, 2.05) is 6.07 Å². The Balaban J connectivity index is 2.22. The fourth-order valence-corrected chi connectivity index (χ4v) is 1.83. The lowest BCUT2D eigenvalue weighted by molar-refractivity contribution is -0.132. The molecule has 0 aliphatic heterocycles. The fraction of sp³-hybridized carbons (Fsp3) is 0.0667. The van der Waals surface area contributed by atoms with Crippen molar-refractivity contribution in [2.45, 2.75) is 0 Å². The molecular weight excluding hydrogens is 297 g/mol. The van der Waals surface area contributed by atoms with E-state index >= 15 is 0 Å². The second-order valence-electron chi connectivity index (χ2n) is 4.46. The summed E-state index contributed by atoms with van der Waals surface area (Å²) in [7, 11) is 4.65. The molecule has 0 aliphatic carbocycles. The van der Waals surface area contributed by atoms with E-state index in [0.29, 0.717) is 16.7 Å². The average Bonchev–Trinajstić information content (AvgIpc) is 2.59. The van der Waals surface area contributed by atoms with Crippen LogP contribution in [0.4, 0.5) is 0 Å². The molecule has 7 nitrogen and oxygen atoms in total. The second-order valence-corrected chi connectivity index (χ2v) is 4.46. The van der Waals surface area contributed by atoms with Gasteiger partial charge in [0.1, 0.15) is 12.3 Å². The van der Waals surface area contributed by atoms with Gasteiger partial charge in [-0.15, -0.1) is 0 Å². The van der Waals surface area contributed by atoms with Gasteiger partial charge in [-0.05, 0) is 23.8 Å². The van der Waals surface area contributed by atoms with E-state index in [0.717, 1.165) is 0 Å². The average molecular weight is 307 g/mol. The minimum Gasteiger partial charge on any atom is -0.542 e. The minimum absolute atomic E-state index is 0.241. The molecule has 0 unspecified atom stereocenters. The molecule has 0 saturated heterocycles. The number of rotatable bonds is 4. The molecule has 8 heteroatoms. The van der Waals surface area contributed by atoms with Gasteiger partial charge in [0.2, 0.25) is 0 Å². The number of aromatic nitrogens is 1. The van der Waals surface area contributed by atoms with Crippen LogP contribution in [0.15, 0.2) is 36.5 Å². The predicted molar refractivity (Wildman–Crippen MR) is 80.2 cm³/mol. The van der Waals surface area contributed by atoms with Gasteiger partial charge in [-0.1, -0.05) is 12.1 Å². The third-order valence-corrected chi connectivity index (χ3v) is 2.93. The number of hydrogen-bond acceptors (Lipinski definition) is 6. The van der Waals surface area contributed by atoms with Crippen LogP contribution in [0.3, 0.4) is 0 Å². The van der Waals surface area contributed by atoms with Crippen molar-refractivity contribution >= 4 is 19.9 Å². The number of nitriles is 1. The molecule has 2 N–H and O–H groups in total. The number of pyridine rings is 1. The summed E-state index contributed by atoms with van der Waals surface area (Å²) < 4.78 is 3.90. The van der Waals surface area contributed by atoms with Crippen LogP contribution in [0.25, 0.3) is 11.1 Å². The zero-order valence-corrected chi connectivity index (χ0v) is 11.8. The third-order valence-electron chi connectivity index (χ3n) is 2.93. The first-order valence-corrected chi connectivity index (χ1v) is 6.42. The van der Waals surface area contributed by atoms with E-state index in [9.17, 15) is 14.7 Å². The van der Waals surface area contributed by atoms with Gasteiger partial charge >= 0.3 is 14.0 Å². The van der Waals surface area contributed by atoms with Crippen LogP contribution in [0, 0.1) is 11.3 Å². The lowest BCUT2D eigenvalue weighted by Gasteiger charge is -2.07. The number of nitrogens with zero attached hydrogens (tertiary/aromatic N) is 2. The molecule has 1 aromatic heterocycles. The molecule has 2 aromatic rings. The van der Waals surface area contributed by atoms with Crippen LogP contribution in [0.2, 0.25) is 0 Å². The topological polar surface area (TPSA) is 112 Å². The molecule has 1 amide bonds. The van der Waals surface area contributed by atoms with Crippen molar-refractivity contribution in [3.05, 3.63) is 47.8 Å². The Morgan fingerprint density at radius 3 is 2.78 bits per heavy atom. The van der Waals surface area contributed by atoms with Gasteiger partial charge < -0.3 is 15.1 Å². The van der Waals surface area contributed by atoms with Gasteiger partial charge in [0.05, 0.1) is 11.6 Å². The normalized spacial score (nSPS) is 9.70. The first kappa shape index (κ1) is 16.0. The predicted octanol–water partition coefficient (Wildman–Crippen LogP) is 0.682. The fourth-order valence-electron chi connectivity index (χ4n) is 1.83. The summed E-state index contributed by atoms with van der Waals surface area (Å²) in [4.78, 5) is 26.6. The summed E-state index contributed by atoms with van der Waals surface area (Å²) in [5, 5.41) is 21.0. The van der Waals surface area contributed by atoms with Gasteiger partial charge in [-0.25, -0.2) is 4.98 Å². The lowest BCUT2D eigenvalue weighted by atomic mass is 10.0. The summed E-state index contributed by atoms with van der Waals surface area (Å²) in [5.41, 5.74) is 1.43. The molecular formula is C15H10BN3O4. The number of aromatic hydroxyl groups is 1. The maximum Gasteiger partial charge on any atom is 0.378 e. The van der Waals surface area contributed by atoms with Crippen LogP contribution in [-0.4, -0.2) is 36.6 Å². The van der Waals surface area contributed by atoms with Gasteiger partial charge in [0, 0.05) is 11.8 Å². The van der Waals surface area contributed by atoms with Crippen LogP contribution < -0.4 is 5.32 Å². The van der Waals surface area contributed by atoms with E-state index in [2.05, 4.69) is 23.0 Å². The van der Waals surface area contributed by atoms with E-state index in [1.165, 1.54) is 12.3 Å². The lowest BCUT2D eigenvalue weighted by Crippen LogP contribution is -2.30. The maximum atomic E-state index is 11.8. The molecule has 2 rings (SSSR count). The summed E-state index contributed by atoms with van der Waals surface area (Å²) >= 11 is 0. The zero-order valence-electron chi connectivity index (χ0n) is 11.8. The number of amides is 1. The van der Waals surface area contributed by atoms with E-state index in [-0.39, 0.29) is 11.4 Å². The van der Waals surface area contributed by atoms with Gasteiger partial charge in [0.25, 0.3) is 5.91 Å². The Labute approximate surface area is 133 Å². The number of hydrogen-bond donors (Lipinski definition) is 2. The highest BCUT2D eigenvalue weighted by atomic mass is 16.5. The standard InChI is InChI=1S/C15H10BN3O4/c16-23-13(21)8-19-15(22)14-12(20)5-11(7-18-14)10-3-1-2-9(4-10)6-17/h1-5,7,20H,8H2,(H,19,22). The highest BCUT2D eigenvalue weighted by Gasteiger charge is 2.15. The molecule has 0 aliphatic rings. The molecule has 0 bridgehead atoms. The third kappa shape index (κ3) is 3.86. The van der Waals surface area contributed by atoms with Crippen molar-refractivity contribution in [3.8, 4) is 22.9 Å². The molecule has 0 saturated carbocycles. The van der Waals surface area contributed by atoms with Crippen molar-refractivity contribution in [2.24, 2.45) is 0 Å². The van der Waals surface area contributed by atoms with Crippen LogP contribution in [0.5, 0.6) is 5.75 Å². The quantitative estimate of drug-likeness (QED) is 0.803. The van der Waals surface area contributed by atoms with Crippen molar-refractivity contribution in [1.82, 2.24) is 10.3 Å². The van der Waals surface area contributed by atoms with Crippen molar-refractivity contribution < 1.29 is 19.3 Å². The van der Waals surface area contributed by atoms with E-state index in [4.69, 9.17) is 5.26 Å². The van der Waals surface area contributed by atoms with Crippen molar-refractivity contribution in [2.75, 3.05) is 6.54 Å². The largest absolute Gasteiger partial charge is 0.542 e. The molecule has 1 aromatic carbocycles. The zero-order chi connectivity index (χ0) is 16.8. The Morgan fingerprint density at radius 1 is 1.35 bits per heavy atom. The minimum atomic E-state index is -0.831. The first-order chi connectivity index (χ1) is 11.0. The Kier molecular flexibility index (Phi) is 4.94. The highest BCUT2D eigenvalue weighted by Crippen LogP contribution is 2.25. The van der Waals surface area contributed by atoms with Crippen molar-refractivity contribution in [3.63, 3.8) is 0 Å². The van der Waals surface area contributed by atoms with Gasteiger partial charge in [0.15, 0.2) is 5.69 Å². The molecule has 1 heterocycles. The summed E-state index contributed by atoms with van der Waals surface area (Å²) in [6, 6.07) is 10.1. The van der Waals surface area contributed by atoms with E-state index < -0.39 is 18.4 Å². The van der Waals surface area contributed by atoms with E-state index in [1.54, 1.807) is 24.3 Å². The number of carbonyl (C=O) groups excluding carboxylic acids is 2. The Morgan fingerprint density at radius 2 is 2.13 bits per heavy atom. The number of nitrogens with one attached hydrogen (secondary N) is 1. The molecule has 0 atom stereocenters. The summed E-state index contributed by atoms with van der Waals surface area (Å²) in [6.45, 7) is -0.442. The summed E-state index contributed by atoms with van der Waals surface area (Å²) in [5.74, 6) is -1.93. The van der Waals surface area contributed by atoms with Gasteiger partial charge in [-0.2, -0.15) is 5.26 Å². The summed E-state index contributed by atoms with van der Waals surface area (Å²) in [6.07, 6.45) is 1.38. The Hall–Kier alpha value is -3.34. The van der Waals surface area contributed by atoms with Crippen molar-refractivity contribution in [1.29, 1.82) is 5.26 Å². The monoisotopic (exact) mass is 307 g/mol. The Bertz CT molecular complexity index is 802. The molecule has 2 radical (unpaired) electrons. The van der Waals surface area contributed by atoms with Crippen LogP contribution >= 0.6 is 0 Å². The maximum absolute atomic E-state index is 11.8. The number of benzene rings is 1. The first-order valence-electron chi connectivity index (χ1n) is 6.42. The molecule has 0 spiro atoms. The molecule has 112 valence electrons. The van der Waals surface area contributed by atoms with Gasteiger partial charge in [-0.3, -0.25) is 9.59 Å². The highest BCUT2D eigenvalue weighted by molar-refractivity contribution is 6.06. The SMILES string of the molecule is [B]OC(=O)CNC(=O)c1ncc(-c2cccc(C#N)c2)cc1O. The smallest absolute Gasteiger partial charge is 0.378 e. The molecule has 0 fully saturated rings.